The highest BCUT2D eigenvalue weighted by Gasteiger charge is 2.33. The first-order chi connectivity index (χ1) is 14.8. The van der Waals surface area contributed by atoms with E-state index < -0.39 is 0 Å². The van der Waals surface area contributed by atoms with E-state index in [9.17, 15) is 9.59 Å². The SMILES string of the molecule is C=CCc1c(CC=C)c(OCC(=C)C)c(CC=C)c(N2C(=O)C=CC2=O)c1CC(=C)C. The van der Waals surface area contributed by atoms with Crippen molar-refractivity contribution in [2.75, 3.05) is 11.5 Å². The first kappa shape index (κ1) is 23.9. The molecular formula is C27H31NO3. The maximum atomic E-state index is 12.7. The van der Waals surface area contributed by atoms with Crippen molar-refractivity contribution in [1.82, 2.24) is 0 Å². The minimum atomic E-state index is -0.370. The third kappa shape index (κ3) is 5.21. The molecule has 0 atom stereocenters. The van der Waals surface area contributed by atoms with Crippen LogP contribution in [0.3, 0.4) is 0 Å². The summed E-state index contributed by atoms with van der Waals surface area (Å²) in [5.74, 6) is -0.0945. The number of amides is 2. The van der Waals surface area contributed by atoms with Crippen molar-refractivity contribution in [2.24, 2.45) is 0 Å². The molecule has 31 heavy (non-hydrogen) atoms. The third-order valence-corrected chi connectivity index (χ3v) is 4.87. The van der Waals surface area contributed by atoms with Crippen molar-refractivity contribution in [1.29, 1.82) is 0 Å². The molecule has 4 heteroatoms. The summed E-state index contributed by atoms with van der Waals surface area (Å²) in [5, 5.41) is 0. The van der Waals surface area contributed by atoms with Gasteiger partial charge in [-0.3, -0.25) is 9.59 Å². The maximum Gasteiger partial charge on any atom is 0.258 e. The van der Waals surface area contributed by atoms with E-state index in [1.807, 2.05) is 26.0 Å². The Kier molecular flexibility index (Phi) is 8.14. The molecule has 1 aliphatic heterocycles. The number of benzene rings is 1. The number of ether oxygens (including phenoxy) is 1. The minimum absolute atomic E-state index is 0.321. The van der Waals surface area contributed by atoms with Gasteiger partial charge in [-0.05, 0) is 56.2 Å². The molecule has 4 nitrogen and oxygen atoms in total. The van der Waals surface area contributed by atoms with Crippen LogP contribution in [0.5, 0.6) is 5.75 Å². The van der Waals surface area contributed by atoms with Gasteiger partial charge < -0.3 is 4.74 Å². The van der Waals surface area contributed by atoms with Gasteiger partial charge in [-0.25, -0.2) is 4.90 Å². The van der Waals surface area contributed by atoms with Crippen LogP contribution in [0.2, 0.25) is 0 Å². The number of allylic oxidation sites excluding steroid dienone is 4. The number of nitrogens with zero attached hydrogens (tertiary/aromatic N) is 1. The molecule has 0 spiro atoms. The van der Waals surface area contributed by atoms with Crippen LogP contribution in [0.25, 0.3) is 0 Å². The van der Waals surface area contributed by atoms with Crippen molar-refractivity contribution in [2.45, 2.75) is 39.5 Å². The van der Waals surface area contributed by atoms with Gasteiger partial charge in [-0.1, -0.05) is 37.0 Å². The predicted octanol–water partition coefficient (Wildman–Crippen LogP) is 5.38. The van der Waals surface area contributed by atoms with Crippen LogP contribution in [-0.2, 0) is 35.3 Å². The summed E-state index contributed by atoms with van der Waals surface area (Å²) in [4.78, 5) is 26.7. The molecule has 1 aromatic rings. The van der Waals surface area contributed by atoms with E-state index in [1.54, 1.807) is 6.08 Å². The van der Waals surface area contributed by atoms with Gasteiger partial charge in [-0.15, -0.1) is 19.7 Å². The molecule has 0 N–H and O–H groups in total. The zero-order valence-corrected chi connectivity index (χ0v) is 18.6. The van der Waals surface area contributed by atoms with Crippen molar-refractivity contribution < 1.29 is 14.3 Å². The standard InChI is InChI=1S/C27H31NO3/c1-8-11-20-21(12-9-2)27(31-17-19(6)7)22(13-10-3)26(23(20)16-18(4)5)28-24(29)14-15-25(28)30/h8-10,14-15H,1-4,6,11-13,16-17H2,5,7H3. The lowest BCUT2D eigenvalue weighted by Crippen LogP contribution is -2.32. The lowest BCUT2D eigenvalue weighted by molar-refractivity contribution is -0.120. The van der Waals surface area contributed by atoms with Gasteiger partial charge in [0.1, 0.15) is 12.4 Å². The number of carbonyl (C=O) groups is 2. The molecular weight excluding hydrogens is 386 g/mol. The van der Waals surface area contributed by atoms with Gasteiger partial charge in [0, 0.05) is 23.3 Å². The smallest absolute Gasteiger partial charge is 0.258 e. The average molecular weight is 418 g/mol. The second kappa shape index (κ2) is 10.6. The van der Waals surface area contributed by atoms with Crippen LogP contribution in [0.1, 0.15) is 36.1 Å². The van der Waals surface area contributed by atoms with E-state index in [2.05, 4.69) is 32.9 Å². The number of rotatable bonds is 12. The van der Waals surface area contributed by atoms with E-state index in [4.69, 9.17) is 4.74 Å². The Hall–Kier alpha value is -3.40. The highest BCUT2D eigenvalue weighted by molar-refractivity contribution is 6.28. The van der Waals surface area contributed by atoms with Crippen molar-refractivity contribution >= 4 is 17.5 Å². The summed E-state index contributed by atoms with van der Waals surface area (Å²) in [6, 6.07) is 0. The summed E-state index contributed by atoms with van der Waals surface area (Å²) < 4.78 is 6.23. The second-order valence-corrected chi connectivity index (χ2v) is 7.80. The number of imide groups is 1. The zero-order valence-electron chi connectivity index (χ0n) is 18.6. The molecule has 1 heterocycles. The first-order valence-electron chi connectivity index (χ1n) is 10.3. The Morgan fingerprint density at radius 2 is 1.35 bits per heavy atom. The Morgan fingerprint density at radius 1 is 0.839 bits per heavy atom. The molecule has 0 unspecified atom stereocenters. The number of anilines is 1. The molecule has 2 amide bonds. The minimum Gasteiger partial charge on any atom is -0.489 e. The van der Waals surface area contributed by atoms with Gasteiger partial charge >= 0.3 is 0 Å². The molecule has 0 aliphatic carbocycles. The molecule has 0 aromatic heterocycles. The van der Waals surface area contributed by atoms with Crippen LogP contribution in [0, 0.1) is 0 Å². The van der Waals surface area contributed by atoms with E-state index in [0.29, 0.717) is 43.7 Å². The maximum absolute atomic E-state index is 12.7. The summed E-state index contributed by atoms with van der Waals surface area (Å²) in [6.45, 7) is 23.9. The average Bonchev–Trinajstić information content (AvgIpc) is 3.02. The van der Waals surface area contributed by atoms with Crippen LogP contribution in [0.4, 0.5) is 5.69 Å². The van der Waals surface area contributed by atoms with Crippen molar-refractivity contribution in [3.63, 3.8) is 0 Å². The molecule has 0 radical (unpaired) electrons. The summed E-state index contributed by atoms with van der Waals surface area (Å²) in [6.07, 6.45) is 10.1. The van der Waals surface area contributed by atoms with Gasteiger partial charge in [-0.2, -0.15) is 0 Å². The van der Waals surface area contributed by atoms with Gasteiger partial charge in [0.25, 0.3) is 11.8 Å². The molecule has 0 fully saturated rings. The van der Waals surface area contributed by atoms with Gasteiger partial charge in [0.05, 0.1) is 5.69 Å². The second-order valence-electron chi connectivity index (χ2n) is 7.80. The molecule has 0 saturated heterocycles. The van der Waals surface area contributed by atoms with E-state index in [1.165, 1.54) is 17.1 Å². The molecule has 1 aromatic carbocycles. The zero-order chi connectivity index (χ0) is 23.1. The highest BCUT2D eigenvalue weighted by atomic mass is 16.5. The largest absolute Gasteiger partial charge is 0.489 e. The quantitative estimate of drug-likeness (QED) is 0.339. The normalized spacial score (nSPS) is 12.8. The fourth-order valence-electron chi connectivity index (χ4n) is 3.77. The van der Waals surface area contributed by atoms with E-state index in [-0.39, 0.29) is 11.8 Å². The number of hydrogen-bond donors (Lipinski definition) is 0. The molecule has 162 valence electrons. The number of hydrogen-bond acceptors (Lipinski definition) is 3. The summed E-state index contributed by atoms with van der Waals surface area (Å²) in [5.41, 5.74) is 5.93. The molecule has 0 bridgehead atoms. The van der Waals surface area contributed by atoms with Crippen molar-refractivity contribution in [3.8, 4) is 5.75 Å². The Morgan fingerprint density at radius 3 is 1.84 bits per heavy atom. The monoisotopic (exact) mass is 417 g/mol. The van der Waals surface area contributed by atoms with Crippen LogP contribution >= 0.6 is 0 Å². The lowest BCUT2D eigenvalue weighted by atomic mass is 9.86. The Balaban J connectivity index is 3.02. The van der Waals surface area contributed by atoms with Gasteiger partial charge in [0.2, 0.25) is 0 Å². The Labute approximate surface area is 185 Å². The van der Waals surface area contributed by atoms with Gasteiger partial charge in [0.15, 0.2) is 0 Å². The summed E-state index contributed by atoms with van der Waals surface area (Å²) >= 11 is 0. The fourth-order valence-corrected chi connectivity index (χ4v) is 3.77. The fraction of sp³-hybridized carbons (Fsp3) is 0.259. The van der Waals surface area contributed by atoms with Crippen molar-refractivity contribution in [3.05, 3.63) is 96.7 Å². The van der Waals surface area contributed by atoms with Crippen LogP contribution < -0.4 is 9.64 Å². The lowest BCUT2D eigenvalue weighted by Gasteiger charge is -2.29. The van der Waals surface area contributed by atoms with E-state index in [0.717, 1.165) is 33.4 Å². The summed E-state index contributed by atoms with van der Waals surface area (Å²) in [7, 11) is 0. The molecule has 1 aliphatic rings. The Bertz CT molecular complexity index is 976. The first-order valence-corrected chi connectivity index (χ1v) is 10.3. The third-order valence-electron chi connectivity index (χ3n) is 4.87. The van der Waals surface area contributed by atoms with Crippen LogP contribution in [-0.4, -0.2) is 18.4 Å². The highest BCUT2D eigenvalue weighted by Crippen LogP contribution is 2.43. The number of carbonyl (C=O) groups excluding carboxylic acids is 2. The van der Waals surface area contributed by atoms with Crippen LogP contribution in [0.15, 0.2) is 74.4 Å². The molecule has 2 rings (SSSR count). The van der Waals surface area contributed by atoms with E-state index >= 15 is 0 Å². The predicted molar refractivity (Wildman–Crippen MR) is 129 cm³/mol. The topological polar surface area (TPSA) is 46.6 Å². The molecule has 0 saturated carbocycles.